The second kappa shape index (κ2) is 11.4. The first-order valence-electron chi connectivity index (χ1n) is 10.8. The fourth-order valence-corrected chi connectivity index (χ4v) is 3.67. The molecule has 0 saturated carbocycles. The number of aliphatic imine (C=N–C) groups is 1. The van der Waals surface area contributed by atoms with Gasteiger partial charge in [0.15, 0.2) is 5.96 Å². The molecule has 1 aliphatic rings. The summed E-state index contributed by atoms with van der Waals surface area (Å²) in [6, 6.07) is 18.7. The van der Waals surface area contributed by atoms with Gasteiger partial charge in [-0.15, -0.1) is 0 Å². The zero-order chi connectivity index (χ0) is 21.2. The summed E-state index contributed by atoms with van der Waals surface area (Å²) in [5, 5.41) is 9.59. The summed E-state index contributed by atoms with van der Waals surface area (Å²) >= 11 is 0. The van der Waals surface area contributed by atoms with Crippen LogP contribution < -0.4 is 16.0 Å². The molecule has 6 heteroatoms. The number of nitrogens with one attached hydrogen (secondary N) is 3. The van der Waals surface area contributed by atoms with Crippen molar-refractivity contribution in [3.63, 3.8) is 0 Å². The maximum atomic E-state index is 11.7. The number of hydrogen-bond donors (Lipinski definition) is 3. The molecule has 0 aromatic heterocycles. The zero-order valence-electron chi connectivity index (χ0n) is 18.0. The number of hydrogen-bond acceptors (Lipinski definition) is 3. The lowest BCUT2D eigenvalue weighted by atomic mass is 10.0. The van der Waals surface area contributed by atoms with Gasteiger partial charge in [0.25, 0.3) is 5.91 Å². The van der Waals surface area contributed by atoms with Crippen molar-refractivity contribution in [1.29, 1.82) is 0 Å². The Morgan fingerprint density at radius 3 is 2.37 bits per heavy atom. The Labute approximate surface area is 179 Å². The van der Waals surface area contributed by atoms with E-state index in [0.29, 0.717) is 18.2 Å². The van der Waals surface area contributed by atoms with Gasteiger partial charge in [0.2, 0.25) is 0 Å². The van der Waals surface area contributed by atoms with Crippen LogP contribution in [0.2, 0.25) is 0 Å². The van der Waals surface area contributed by atoms with Gasteiger partial charge in [-0.25, -0.2) is 4.99 Å². The highest BCUT2D eigenvalue weighted by molar-refractivity contribution is 5.93. The Hall–Kier alpha value is -2.86. The van der Waals surface area contributed by atoms with Crippen molar-refractivity contribution >= 4 is 11.9 Å². The third-order valence-electron chi connectivity index (χ3n) is 5.38. The second-order valence-electron chi connectivity index (χ2n) is 7.65. The van der Waals surface area contributed by atoms with Crippen LogP contribution in [0.15, 0.2) is 59.6 Å². The number of likely N-dealkylation sites (tertiary alicyclic amines) is 1. The molecule has 0 spiro atoms. The minimum atomic E-state index is -0.0707. The Kier molecular flexibility index (Phi) is 8.27. The summed E-state index contributed by atoms with van der Waals surface area (Å²) in [7, 11) is 1.64. The average molecular weight is 408 g/mol. The van der Waals surface area contributed by atoms with Crippen LogP contribution >= 0.6 is 0 Å². The van der Waals surface area contributed by atoms with E-state index in [1.807, 2.05) is 24.3 Å². The largest absolute Gasteiger partial charge is 0.357 e. The van der Waals surface area contributed by atoms with Gasteiger partial charge in [0, 0.05) is 44.8 Å². The zero-order valence-corrected chi connectivity index (χ0v) is 18.0. The lowest BCUT2D eigenvalue weighted by Crippen LogP contribution is -2.48. The summed E-state index contributed by atoms with van der Waals surface area (Å²) in [5.74, 6) is 0.785. The van der Waals surface area contributed by atoms with Crippen LogP contribution in [0.1, 0.15) is 41.3 Å². The number of piperidine rings is 1. The molecule has 1 aliphatic heterocycles. The topological polar surface area (TPSA) is 68.8 Å². The molecule has 6 nitrogen and oxygen atoms in total. The first-order chi connectivity index (χ1) is 14.7. The van der Waals surface area contributed by atoms with Crippen LogP contribution in [-0.2, 0) is 13.1 Å². The van der Waals surface area contributed by atoms with Gasteiger partial charge in [-0.3, -0.25) is 9.69 Å². The van der Waals surface area contributed by atoms with E-state index in [-0.39, 0.29) is 5.91 Å². The molecule has 30 heavy (non-hydrogen) atoms. The van der Waals surface area contributed by atoms with Gasteiger partial charge in [-0.2, -0.15) is 0 Å². The fourth-order valence-electron chi connectivity index (χ4n) is 3.67. The first kappa shape index (κ1) is 21.8. The number of guanidine groups is 1. The van der Waals surface area contributed by atoms with E-state index in [1.165, 1.54) is 5.56 Å². The number of benzene rings is 2. The molecule has 3 N–H and O–H groups in total. The van der Waals surface area contributed by atoms with E-state index in [0.717, 1.165) is 50.5 Å². The highest BCUT2D eigenvalue weighted by atomic mass is 16.1. The standard InChI is InChI=1S/C24H33N5O/c1-3-26-24(27-17-19-9-11-21(12-10-19)23(30)25-2)28-22-13-15-29(16-14-22)18-20-7-5-4-6-8-20/h4-12,22H,3,13-18H2,1-2H3,(H,25,30)(H2,26,27,28). The van der Waals surface area contributed by atoms with Crippen LogP contribution in [0, 0.1) is 0 Å². The van der Waals surface area contributed by atoms with Crippen LogP contribution in [0.25, 0.3) is 0 Å². The number of rotatable bonds is 7. The van der Waals surface area contributed by atoms with Gasteiger partial charge in [0.05, 0.1) is 6.54 Å². The van der Waals surface area contributed by atoms with Gasteiger partial charge in [-0.1, -0.05) is 42.5 Å². The summed E-state index contributed by atoms with van der Waals surface area (Å²) in [6.45, 7) is 6.69. The van der Waals surface area contributed by atoms with Crippen molar-refractivity contribution in [3.8, 4) is 0 Å². The van der Waals surface area contributed by atoms with Crippen LogP contribution in [-0.4, -0.2) is 49.5 Å². The SMILES string of the molecule is CCNC(=NCc1ccc(C(=O)NC)cc1)NC1CCN(Cc2ccccc2)CC1. The third kappa shape index (κ3) is 6.59. The molecule has 2 aromatic rings. The van der Waals surface area contributed by atoms with Gasteiger partial charge < -0.3 is 16.0 Å². The van der Waals surface area contributed by atoms with E-state index in [2.05, 4.69) is 58.1 Å². The predicted octanol–water partition coefficient (Wildman–Crippen LogP) is 2.77. The van der Waals surface area contributed by atoms with Gasteiger partial charge >= 0.3 is 0 Å². The number of amides is 1. The van der Waals surface area contributed by atoms with E-state index in [1.54, 1.807) is 7.05 Å². The van der Waals surface area contributed by atoms with E-state index >= 15 is 0 Å². The van der Waals surface area contributed by atoms with Gasteiger partial charge in [0.1, 0.15) is 0 Å². The summed E-state index contributed by atoms with van der Waals surface area (Å²) in [6.07, 6.45) is 2.22. The molecule has 1 heterocycles. The molecular weight excluding hydrogens is 374 g/mol. The summed E-state index contributed by atoms with van der Waals surface area (Å²) in [4.78, 5) is 18.9. The van der Waals surface area contributed by atoms with Crippen molar-refractivity contribution < 1.29 is 4.79 Å². The van der Waals surface area contributed by atoms with E-state index < -0.39 is 0 Å². The van der Waals surface area contributed by atoms with E-state index in [4.69, 9.17) is 4.99 Å². The number of nitrogens with zero attached hydrogens (tertiary/aromatic N) is 2. The Balaban J connectivity index is 1.50. The van der Waals surface area contributed by atoms with Crippen LogP contribution in [0.4, 0.5) is 0 Å². The molecule has 2 aromatic carbocycles. The molecule has 3 rings (SSSR count). The maximum absolute atomic E-state index is 11.7. The molecule has 0 atom stereocenters. The summed E-state index contributed by atoms with van der Waals surface area (Å²) in [5.41, 5.74) is 3.12. The maximum Gasteiger partial charge on any atom is 0.251 e. The van der Waals surface area contributed by atoms with E-state index in [9.17, 15) is 4.79 Å². The van der Waals surface area contributed by atoms with Crippen molar-refractivity contribution in [1.82, 2.24) is 20.9 Å². The molecule has 0 bridgehead atoms. The highest BCUT2D eigenvalue weighted by Gasteiger charge is 2.20. The summed E-state index contributed by atoms with van der Waals surface area (Å²) < 4.78 is 0. The van der Waals surface area contributed by atoms with Crippen molar-refractivity contribution in [3.05, 3.63) is 71.3 Å². The number of carbonyl (C=O) groups is 1. The molecule has 1 amide bonds. The molecule has 0 aliphatic carbocycles. The highest BCUT2D eigenvalue weighted by Crippen LogP contribution is 2.14. The smallest absolute Gasteiger partial charge is 0.251 e. The minimum Gasteiger partial charge on any atom is -0.357 e. The molecule has 0 unspecified atom stereocenters. The Bertz CT molecular complexity index is 811. The Morgan fingerprint density at radius 2 is 1.73 bits per heavy atom. The minimum absolute atomic E-state index is 0.0707. The third-order valence-corrected chi connectivity index (χ3v) is 5.38. The molecule has 0 radical (unpaired) electrons. The van der Waals surface area contributed by atoms with Crippen LogP contribution in [0.5, 0.6) is 0 Å². The Morgan fingerprint density at radius 1 is 1.03 bits per heavy atom. The average Bonchev–Trinajstić information content (AvgIpc) is 2.79. The molecule has 1 fully saturated rings. The van der Waals surface area contributed by atoms with Crippen molar-refractivity contribution in [2.45, 2.75) is 38.9 Å². The molecule has 1 saturated heterocycles. The fraction of sp³-hybridized carbons (Fsp3) is 0.417. The monoisotopic (exact) mass is 407 g/mol. The lowest BCUT2D eigenvalue weighted by molar-refractivity contribution is 0.0963. The normalized spacial score (nSPS) is 15.6. The quantitative estimate of drug-likeness (QED) is 0.488. The van der Waals surface area contributed by atoms with Crippen LogP contribution in [0.3, 0.4) is 0 Å². The first-order valence-corrected chi connectivity index (χ1v) is 10.8. The lowest BCUT2D eigenvalue weighted by Gasteiger charge is -2.33. The molecule has 160 valence electrons. The van der Waals surface area contributed by atoms with Gasteiger partial charge in [-0.05, 0) is 43.0 Å². The van der Waals surface area contributed by atoms with Crippen molar-refractivity contribution in [2.75, 3.05) is 26.7 Å². The molecular formula is C24H33N5O. The van der Waals surface area contributed by atoms with Crippen molar-refractivity contribution in [2.24, 2.45) is 4.99 Å². The predicted molar refractivity (Wildman–Crippen MR) is 123 cm³/mol. The number of carbonyl (C=O) groups excluding carboxylic acids is 1. The second-order valence-corrected chi connectivity index (χ2v) is 7.65.